The van der Waals surface area contributed by atoms with Gasteiger partial charge in [0.15, 0.2) is 6.29 Å². The average Bonchev–Trinajstić information content (AvgIpc) is 2.79. The smallest absolute Gasteiger partial charge is 0.180 e. The Morgan fingerprint density at radius 1 is 1.05 bits per heavy atom. The van der Waals surface area contributed by atoms with E-state index < -0.39 is 0 Å². The first-order chi connectivity index (χ1) is 9.70. The van der Waals surface area contributed by atoms with Crippen LogP contribution in [0.3, 0.4) is 0 Å². The molecule has 20 heavy (non-hydrogen) atoms. The molecule has 1 aromatic rings. The highest BCUT2D eigenvalue weighted by molar-refractivity contribution is 5.53. The highest BCUT2D eigenvalue weighted by Crippen LogP contribution is 2.28. The number of ether oxygens (including phenoxy) is 2. The summed E-state index contributed by atoms with van der Waals surface area (Å²) >= 11 is 0. The lowest BCUT2D eigenvalue weighted by Gasteiger charge is -2.15. The topological polar surface area (TPSA) is 18.5 Å². The summed E-state index contributed by atoms with van der Waals surface area (Å²) in [6.07, 6.45) is 7.13. The summed E-state index contributed by atoms with van der Waals surface area (Å²) in [5.74, 6) is 0. The zero-order valence-corrected chi connectivity index (χ0v) is 12.8. The maximum atomic E-state index is 5.95. The summed E-state index contributed by atoms with van der Waals surface area (Å²) in [7, 11) is 0. The Hall–Kier alpha value is -1.12. The van der Waals surface area contributed by atoms with Crippen molar-refractivity contribution in [1.82, 2.24) is 0 Å². The number of benzene rings is 1. The Bertz CT molecular complexity index is 414. The molecule has 0 bridgehead atoms. The van der Waals surface area contributed by atoms with E-state index in [4.69, 9.17) is 9.47 Å². The monoisotopic (exact) mass is 274 g/mol. The number of hydrogen-bond acceptors (Lipinski definition) is 2. The highest BCUT2D eigenvalue weighted by Gasteiger charge is 2.31. The largest absolute Gasteiger partial charge is 0.343 e. The molecule has 0 unspecified atom stereocenters. The summed E-state index contributed by atoms with van der Waals surface area (Å²) in [6.45, 7) is 6.39. The minimum absolute atomic E-state index is 0.169. The zero-order chi connectivity index (χ0) is 14.4. The standard InChI is InChI=1S/C18H26O2/c1-4-5-7-12-17(13-16-10-8-6-9-11-16)18-19-14(2)15(3)20-18/h6,8-11,13-15,18H,4-5,7,12H2,1-3H3/b17-13+/t14-,15-/m0/s1. The summed E-state index contributed by atoms with van der Waals surface area (Å²) in [5, 5.41) is 0. The van der Waals surface area contributed by atoms with Crippen LogP contribution in [-0.4, -0.2) is 18.5 Å². The van der Waals surface area contributed by atoms with Crippen molar-refractivity contribution >= 4 is 6.08 Å². The van der Waals surface area contributed by atoms with Crippen LogP contribution < -0.4 is 0 Å². The molecule has 1 aliphatic rings. The number of hydrogen-bond donors (Lipinski definition) is 0. The highest BCUT2D eigenvalue weighted by atomic mass is 16.7. The van der Waals surface area contributed by atoms with Crippen molar-refractivity contribution in [3.8, 4) is 0 Å². The van der Waals surface area contributed by atoms with Crippen LogP contribution in [0.1, 0.15) is 52.0 Å². The molecule has 0 N–H and O–H groups in total. The molecule has 0 spiro atoms. The fraction of sp³-hybridized carbons (Fsp3) is 0.556. The van der Waals surface area contributed by atoms with Crippen molar-refractivity contribution in [3.63, 3.8) is 0 Å². The molecule has 0 amide bonds. The molecule has 110 valence electrons. The fourth-order valence-electron chi connectivity index (χ4n) is 2.42. The molecule has 1 aliphatic heterocycles. The Morgan fingerprint density at radius 3 is 2.30 bits per heavy atom. The van der Waals surface area contributed by atoms with E-state index in [1.165, 1.54) is 30.4 Å². The van der Waals surface area contributed by atoms with Crippen molar-refractivity contribution in [1.29, 1.82) is 0 Å². The maximum Gasteiger partial charge on any atom is 0.180 e. The fourth-order valence-corrected chi connectivity index (χ4v) is 2.42. The third-order valence-corrected chi connectivity index (χ3v) is 3.86. The van der Waals surface area contributed by atoms with Crippen LogP contribution in [0.4, 0.5) is 0 Å². The second kappa shape index (κ2) is 7.61. The van der Waals surface area contributed by atoms with Crippen LogP contribution in [0, 0.1) is 0 Å². The van der Waals surface area contributed by atoms with Crippen molar-refractivity contribution in [2.24, 2.45) is 0 Å². The van der Waals surface area contributed by atoms with Gasteiger partial charge < -0.3 is 9.47 Å². The van der Waals surface area contributed by atoms with Gasteiger partial charge in [-0.2, -0.15) is 0 Å². The molecule has 1 aromatic carbocycles. The van der Waals surface area contributed by atoms with Crippen LogP contribution in [0.15, 0.2) is 35.9 Å². The minimum atomic E-state index is -0.169. The molecule has 2 nitrogen and oxygen atoms in total. The molecule has 1 fully saturated rings. The van der Waals surface area contributed by atoms with Gasteiger partial charge in [-0.05, 0) is 37.8 Å². The van der Waals surface area contributed by atoms with Gasteiger partial charge in [0.1, 0.15) is 0 Å². The summed E-state index contributed by atoms with van der Waals surface area (Å²) in [5.41, 5.74) is 2.49. The normalized spacial score (nSPS) is 24.2. The van der Waals surface area contributed by atoms with E-state index in [0.717, 1.165) is 6.42 Å². The summed E-state index contributed by atoms with van der Waals surface area (Å²) < 4.78 is 11.9. The molecule has 1 heterocycles. The lowest BCUT2D eigenvalue weighted by atomic mass is 10.0. The Kier molecular flexibility index (Phi) is 5.81. The summed E-state index contributed by atoms with van der Waals surface area (Å²) in [6, 6.07) is 10.4. The molecule has 0 aliphatic carbocycles. The minimum Gasteiger partial charge on any atom is -0.343 e. The van der Waals surface area contributed by atoms with Crippen molar-refractivity contribution < 1.29 is 9.47 Å². The van der Waals surface area contributed by atoms with E-state index in [1.807, 2.05) is 6.07 Å². The van der Waals surface area contributed by atoms with Gasteiger partial charge >= 0.3 is 0 Å². The van der Waals surface area contributed by atoms with Gasteiger partial charge in [0.2, 0.25) is 0 Å². The quantitative estimate of drug-likeness (QED) is 0.694. The molecule has 0 saturated carbocycles. The van der Waals surface area contributed by atoms with Crippen molar-refractivity contribution in [2.75, 3.05) is 0 Å². The van der Waals surface area contributed by atoms with Gasteiger partial charge in [0.05, 0.1) is 12.2 Å². The number of rotatable bonds is 6. The predicted octanol–water partition coefficient (Wildman–Crippen LogP) is 4.80. The molecule has 2 atom stereocenters. The zero-order valence-electron chi connectivity index (χ0n) is 12.8. The third kappa shape index (κ3) is 4.19. The van der Waals surface area contributed by atoms with E-state index >= 15 is 0 Å². The van der Waals surface area contributed by atoms with Crippen LogP contribution in [-0.2, 0) is 9.47 Å². The molecule has 0 aromatic heterocycles. The predicted molar refractivity (Wildman–Crippen MR) is 83.4 cm³/mol. The first kappa shape index (κ1) is 15.3. The Labute approximate surface area is 122 Å². The van der Waals surface area contributed by atoms with Gasteiger partial charge in [-0.3, -0.25) is 0 Å². The SMILES string of the molecule is CCCCC/C(=C\c1ccccc1)C1O[C@@H](C)[C@H](C)O1. The van der Waals surface area contributed by atoms with E-state index in [0.29, 0.717) is 0 Å². The third-order valence-electron chi connectivity index (χ3n) is 3.86. The first-order valence-electron chi connectivity index (χ1n) is 7.77. The summed E-state index contributed by atoms with van der Waals surface area (Å²) in [4.78, 5) is 0. The van der Waals surface area contributed by atoms with Gasteiger partial charge in [-0.25, -0.2) is 0 Å². The van der Waals surface area contributed by atoms with E-state index in [9.17, 15) is 0 Å². The van der Waals surface area contributed by atoms with Crippen LogP contribution in [0.25, 0.3) is 6.08 Å². The molecule has 0 radical (unpaired) electrons. The van der Waals surface area contributed by atoms with Crippen molar-refractivity contribution in [3.05, 3.63) is 41.5 Å². The van der Waals surface area contributed by atoms with Crippen molar-refractivity contribution in [2.45, 2.75) is 65.0 Å². The molecular weight excluding hydrogens is 248 g/mol. The van der Waals surface area contributed by atoms with Gasteiger partial charge in [0.25, 0.3) is 0 Å². The molecular formula is C18H26O2. The lowest BCUT2D eigenvalue weighted by molar-refractivity contribution is -0.0348. The van der Waals surface area contributed by atoms with E-state index in [2.05, 4.69) is 51.1 Å². The Morgan fingerprint density at radius 2 is 1.70 bits per heavy atom. The van der Waals surface area contributed by atoms with Crippen LogP contribution >= 0.6 is 0 Å². The van der Waals surface area contributed by atoms with Crippen LogP contribution in [0.2, 0.25) is 0 Å². The van der Waals surface area contributed by atoms with Gasteiger partial charge in [-0.15, -0.1) is 0 Å². The number of unbranched alkanes of at least 4 members (excludes halogenated alkanes) is 2. The van der Waals surface area contributed by atoms with Crippen LogP contribution in [0.5, 0.6) is 0 Å². The molecule has 1 saturated heterocycles. The second-order valence-corrected chi connectivity index (χ2v) is 5.60. The molecule has 2 rings (SSSR count). The van der Waals surface area contributed by atoms with E-state index in [-0.39, 0.29) is 18.5 Å². The molecule has 2 heteroatoms. The van der Waals surface area contributed by atoms with Gasteiger partial charge in [0, 0.05) is 0 Å². The average molecular weight is 274 g/mol. The second-order valence-electron chi connectivity index (χ2n) is 5.60. The Balaban J connectivity index is 2.10. The first-order valence-corrected chi connectivity index (χ1v) is 7.77. The van der Waals surface area contributed by atoms with Gasteiger partial charge in [-0.1, -0.05) is 56.2 Å². The lowest BCUT2D eigenvalue weighted by Crippen LogP contribution is -2.13. The van der Waals surface area contributed by atoms with E-state index in [1.54, 1.807) is 0 Å². The maximum absolute atomic E-state index is 5.95.